The summed E-state index contributed by atoms with van der Waals surface area (Å²) in [6.45, 7) is 3.26. The van der Waals surface area contributed by atoms with Gasteiger partial charge in [0.25, 0.3) is 5.91 Å². The predicted molar refractivity (Wildman–Crippen MR) is 129 cm³/mol. The van der Waals surface area contributed by atoms with E-state index in [0.717, 1.165) is 82.5 Å². The Morgan fingerprint density at radius 1 is 0.853 bits per heavy atom. The largest absolute Gasteiger partial charge is 0.497 e. The standard InChI is InChI=1S/C28H38N2O4/c1-33-22-3-4-24(34-2)23(14-22)25(31)29-8-5-27(6-9-29)7-10-30(18-27)26(32)28-15-19-11-20(16-28)13-21(12-19)17-28/h3-4,14,19-21H,5-13,15-18H2,1-2H3. The number of carbonyl (C=O) groups excluding carboxylic acids is 2. The van der Waals surface area contributed by atoms with E-state index in [4.69, 9.17) is 9.47 Å². The SMILES string of the molecule is COc1ccc(OC)c(C(=O)N2CCC3(CC2)CCN(C(=O)C24CC5CC(CC(C5)C2)C4)C3)c1. The number of carbonyl (C=O) groups is 2. The van der Waals surface area contributed by atoms with E-state index in [1.807, 2.05) is 11.0 Å². The third-order valence-electron chi connectivity index (χ3n) is 9.97. The molecule has 2 aliphatic heterocycles. The molecule has 0 atom stereocenters. The van der Waals surface area contributed by atoms with Gasteiger partial charge in [-0.05, 0) is 99.2 Å². The summed E-state index contributed by atoms with van der Waals surface area (Å²) in [6.07, 6.45) is 10.6. The number of rotatable bonds is 4. The second-order valence-corrected chi connectivity index (χ2v) is 12.0. The lowest BCUT2D eigenvalue weighted by atomic mass is 9.49. The molecule has 1 spiro atoms. The molecular formula is C28H38N2O4. The van der Waals surface area contributed by atoms with Crippen LogP contribution in [0.5, 0.6) is 11.5 Å². The average Bonchev–Trinajstić information content (AvgIpc) is 3.25. The van der Waals surface area contributed by atoms with E-state index in [1.165, 1.54) is 19.3 Å². The number of piperidine rings is 1. The summed E-state index contributed by atoms with van der Waals surface area (Å²) in [7, 11) is 3.20. The Kier molecular flexibility index (Phi) is 5.34. The molecule has 1 aromatic rings. The van der Waals surface area contributed by atoms with Crippen molar-refractivity contribution in [1.82, 2.24) is 9.80 Å². The summed E-state index contributed by atoms with van der Waals surface area (Å²) in [4.78, 5) is 31.3. The van der Waals surface area contributed by atoms with Crippen molar-refractivity contribution in [3.63, 3.8) is 0 Å². The first-order valence-electron chi connectivity index (χ1n) is 13.2. The van der Waals surface area contributed by atoms with E-state index in [0.29, 0.717) is 23.0 Å². The summed E-state index contributed by atoms with van der Waals surface area (Å²) < 4.78 is 10.8. The number of hydrogen-bond acceptors (Lipinski definition) is 4. The van der Waals surface area contributed by atoms with Crippen LogP contribution in [0.15, 0.2) is 18.2 Å². The Balaban J connectivity index is 1.11. The number of hydrogen-bond donors (Lipinski definition) is 0. The van der Waals surface area contributed by atoms with Crippen molar-refractivity contribution >= 4 is 11.8 Å². The quantitative estimate of drug-likeness (QED) is 0.661. The molecule has 4 bridgehead atoms. The number of nitrogens with zero attached hydrogens (tertiary/aromatic N) is 2. The average molecular weight is 467 g/mol. The molecule has 2 saturated heterocycles. The van der Waals surface area contributed by atoms with Gasteiger partial charge in [0.1, 0.15) is 11.5 Å². The highest BCUT2D eigenvalue weighted by molar-refractivity contribution is 5.97. The van der Waals surface area contributed by atoms with E-state index >= 15 is 0 Å². The third kappa shape index (κ3) is 3.59. The van der Waals surface area contributed by atoms with Gasteiger partial charge in [-0.1, -0.05) is 0 Å². The highest BCUT2D eigenvalue weighted by Crippen LogP contribution is 2.61. The molecule has 0 N–H and O–H groups in total. The van der Waals surface area contributed by atoms with Crippen LogP contribution < -0.4 is 9.47 Å². The second-order valence-electron chi connectivity index (χ2n) is 12.0. The summed E-state index contributed by atoms with van der Waals surface area (Å²) in [5.41, 5.74) is 0.690. The third-order valence-corrected chi connectivity index (χ3v) is 9.97. The van der Waals surface area contributed by atoms with Crippen molar-refractivity contribution in [3.05, 3.63) is 23.8 Å². The first-order valence-corrected chi connectivity index (χ1v) is 13.2. The lowest BCUT2D eigenvalue weighted by molar-refractivity contribution is -0.157. The van der Waals surface area contributed by atoms with E-state index in [-0.39, 0.29) is 16.7 Å². The molecular weight excluding hydrogens is 428 g/mol. The zero-order chi connectivity index (χ0) is 23.5. The molecule has 184 valence electrons. The van der Waals surface area contributed by atoms with Gasteiger partial charge in [-0.2, -0.15) is 0 Å². The molecule has 1 aromatic carbocycles. The minimum Gasteiger partial charge on any atom is -0.497 e. The normalized spacial score (nSPS) is 33.4. The zero-order valence-corrected chi connectivity index (χ0v) is 20.7. The summed E-state index contributed by atoms with van der Waals surface area (Å²) >= 11 is 0. The molecule has 0 aromatic heterocycles. The van der Waals surface area contributed by atoms with Crippen molar-refractivity contribution in [2.75, 3.05) is 40.4 Å². The molecule has 34 heavy (non-hydrogen) atoms. The van der Waals surface area contributed by atoms with Gasteiger partial charge in [0.05, 0.1) is 25.2 Å². The second kappa shape index (κ2) is 8.17. The van der Waals surface area contributed by atoms with Crippen LogP contribution in [0, 0.1) is 28.6 Å². The highest BCUT2D eigenvalue weighted by Gasteiger charge is 2.57. The van der Waals surface area contributed by atoms with Crippen molar-refractivity contribution < 1.29 is 19.1 Å². The Hall–Kier alpha value is -2.24. The number of methoxy groups -OCH3 is 2. The van der Waals surface area contributed by atoms with Gasteiger partial charge in [0.2, 0.25) is 5.91 Å². The van der Waals surface area contributed by atoms with Gasteiger partial charge in [-0.3, -0.25) is 9.59 Å². The Morgan fingerprint density at radius 2 is 1.44 bits per heavy atom. The Labute approximate surface area is 203 Å². The molecule has 0 unspecified atom stereocenters. The number of likely N-dealkylation sites (tertiary alicyclic amines) is 2. The lowest BCUT2D eigenvalue weighted by Crippen LogP contribution is -2.54. The summed E-state index contributed by atoms with van der Waals surface area (Å²) in [5.74, 6) is 4.12. The minimum absolute atomic E-state index is 0.00472. The van der Waals surface area contributed by atoms with Crippen LogP contribution in [0.1, 0.15) is 68.1 Å². The maximum atomic E-state index is 13.8. The number of ether oxygens (including phenoxy) is 2. The molecule has 7 rings (SSSR count). The molecule has 4 aliphatic carbocycles. The molecule has 6 fully saturated rings. The predicted octanol–water partition coefficient (Wildman–Crippen LogP) is 4.37. The molecule has 2 heterocycles. The smallest absolute Gasteiger partial charge is 0.257 e. The monoisotopic (exact) mass is 466 g/mol. The van der Waals surface area contributed by atoms with Crippen LogP contribution in [-0.2, 0) is 4.79 Å². The van der Waals surface area contributed by atoms with Crippen LogP contribution in [-0.4, -0.2) is 62.0 Å². The van der Waals surface area contributed by atoms with Crippen molar-refractivity contribution in [1.29, 1.82) is 0 Å². The first-order chi connectivity index (χ1) is 16.4. The Morgan fingerprint density at radius 3 is 2.00 bits per heavy atom. The lowest BCUT2D eigenvalue weighted by Gasteiger charge is -2.56. The van der Waals surface area contributed by atoms with Crippen molar-refractivity contribution in [2.45, 2.75) is 57.8 Å². The fourth-order valence-electron chi connectivity index (χ4n) is 8.56. The van der Waals surface area contributed by atoms with Crippen LogP contribution in [0.2, 0.25) is 0 Å². The van der Waals surface area contributed by atoms with Gasteiger partial charge in [-0.25, -0.2) is 0 Å². The summed E-state index contributed by atoms with van der Waals surface area (Å²) in [6, 6.07) is 5.38. The highest BCUT2D eigenvalue weighted by atomic mass is 16.5. The van der Waals surface area contributed by atoms with Gasteiger partial charge < -0.3 is 19.3 Å². The van der Waals surface area contributed by atoms with Gasteiger partial charge in [0, 0.05) is 26.2 Å². The fraction of sp³-hybridized carbons (Fsp3) is 0.714. The van der Waals surface area contributed by atoms with Crippen LogP contribution in [0.3, 0.4) is 0 Å². The number of amides is 2. The summed E-state index contributed by atoms with van der Waals surface area (Å²) in [5, 5.41) is 0. The van der Waals surface area contributed by atoms with Crippen LogP contribution in [0.4, 0.5) is 0 Å². The van der Waals surface area contributed by atoms with Crippen molar-refractivity contribution in [2.24, 2.45) is 28.6 Å². The van der Waals surface area contributed by atoms with Crippen LogP contribution >= 0.6 is 0 Å². The van der Waals surface area contributed by atoms with Gasteiger partial charge in [-0.15, -0.1) is 0 Å². The maximum Gasteiger partial charge on any atom is 0.257 e. The van der Waals surface area contributed by atoms with Gasteiger partial charge >= 0.3 is 0 Å². The van der Waals surface area contributed by atoms with E-state index in [9.17, 15) is 9.59 Å². The van der Waals surface area contributed by atoms with E-state index in [1.54, 1.807) is 26.4 Å². The molecule has 2 amide bonds. The minimum atomic E-state index is -0.0418. The fourth-order valence-corrected chi connectivity index (χ4v) is 8.56. The molecule has 6 aliphatic rings. The Bertz CT molecular complexity index is 945. The molecule has 6 heteroatoms. The maximum absolute atomic E-state index is 13.8. The van der Waals surface area contributed by atoms with Crippen molar-refractivity contribution in [3.8, 4) is 11.5 Å². The number of benzene rings is 1. The molecule has 6 nitrogen and oxygen atoms in total. The molecule has 0 radical (unpaired) electrons. The topological polar surface area (TPSA) is 59.1 Å². The zero-order valence-electron chi connectivity index (χ0n) is 20.7. The van der Waals surface area contributed by atoms with E-state index in [2.05, 4.69) is 4.90 Å². The van der Waals surface area contributed by atoms with E-state index < -0.39 is 0 Å². The first kappa shape index (κ1) is 22.2. The van der Waals surface area contributed by atoms with Gasteiger partial charge in [0.15, 0.2) is 0 Å². The molecule has 4 saturated carbocycles. The van der Waals surface area contributed by atoms with Crippen LogP contribution in [0.25, 0.3) is 0 Å².